The van der Waals surface area contributed by atoms with Crippen molar-refractivity contribution in [1.29, 1.82) is 0 Å². The summed E-state index contributed by atoms with van der Waals surface area (Å²) in [4.78, 5) is 15.2. The minimum absolute atomic E-state index is 0.0359. The van der Waals surface area contributed by atoms with Crippen molar-refractivity contribution in [3.63, 3.8) is 0 Å². The number of aryl methyl sites for hydroxylation is 3. The summed E-state index contributed by atoms with van der Waals surface area (Å²) in [5.74, 6) is -0.0316. The van der Waals surface area contributed by atoms with Crippen molar-refractivity contribution >= 4 is 22.8 Å². The zero-order valence-corrected chi connectivity index (χ0v) is 15.0. The maximum Gasteiger partial charge on any atom is 0.155 e. The molecule has 0 bridgehead atoms. The number of aromatic nitrogens is 1. The van der Waals surface area contributed by atoms with Crippen LogP contribution in [-0.4, -0.2) is 15.9 Å². The van der Waals surface area contributed by atoms with E-state index in [2.05, 4.69) is 4.98 Å². The van der Waals surface area contributed by atoms with Crippen LogP contribution in [0, 0.1) is 19.7 Å². The lowest BCUT2D eigenvalue weighted by molar-refractivity contribution is -0.114. The van der Waals surface area contributed by atoms with Gasteiger partial charge in [0, 0.05) is 17.5 Å². The number of nitrogens with one attached hydrogen (secondary N) is 1. The van der Waals surface area contributed by atoms with E-state index in [1.807, 2.05) is 19.9 Å². The van der Waals surface area contributed by atoms with Crippen LogP contribution in [0.5, 0.6) is 5.75 Å². The van der Waals surface area contributed by atoms with E-state index in [1.165, 1.54) is 6.07 Å². The summed E-state index contributed by atoms with van der Waals surface area (Å²) in [6.45, 7) is 3.92. The van der Waals surface area contributed by atoms with E-state index in [4.69, 9.17) is 0 Å². The van der Waals surface area contributed by atoms with Crippen LogP contribution < -0.4 is 0 Å². The molecular weight excluding hydrogens is 329 g/mol. The van der Waals surface area contributed by atoms with Gasteiger partial charge in [0.1, 0.15) is 11.6 Å². The van der Waals surface area contributed by atoms with E-state index < -0.39 is 0 Å². The Kier molecular flexibility index (Phi) is 5.21. The molecule has 2 N–H and O–H groups in total. The van der Waals surface area contributed by atoms with Crippen molar-refractivity contribution in [2.75, 3.05) is 0 Å². The Bertz CT molecular complexity index is 985. The molecule has 0 aliphatic carbocycles. The maximum absolute atomic E-state index is 14.0. The number of aromatic amines is 1. The summed E-state index contributed by atoms with van der Waals surface area (Å²) in [5, 5.41) is 10.4. The van der Waals surface area contributed by atoms with Crippen molar-refractivity contribution in [2.24, 2.45) is 0 Å². The fraction of sp³-hybridized carbons (Fsp3) is 0.227. The molecule has 26 heavy (non-hydrogen) atoms. The average Bonchev–Trinajstić information content (AvgIpc) is 2.94. The van der Waals surface area contributed by atoms with E-state index >= 15 is 0 Å². The highest BCUT2D eigenvalue weighted by Gasteiger charge is 2.13. The number of phenolic OH excluding ortho intramolecular Hbond substituents is 1. The van der Waals surface area contributed by atoms with Crippen LogP contribution in [0.15, 0.2) is 42.5 Å². The predicted octanol–water partition coefficient (Wildman–Crippen LogP) is 5.23. The summed E-state index contributed by atoms with van der Waals surface area (Å²) < 4.78 is 14.0. The van der Waals surface area contributed by atoms with E-state index in [9.17, 15) is 14.3 Å². The monoisotopic (exact) mass is 351 g/mol. The molecule has 0 amide bonds. The van der Waals surface area contributed by atoms with Gasteiger partial charge in [-0.3, -0.25) is 4.79 Å². The fourth-order valence-electron chi connectivity index (χ4n) is 3.30. The molecule has 3 aromatic rings. The number of allylic oxidation sites excluding steroid dienone is 1. The van der Waals surface area contributed by atoms with Crippen molar-refractivity contribution in [2.45, 2.75) is 33.1 Å². The van der Waals surface area contributed by atoms with E-state index in [1.54, 1.807) is 36.4 Å². The number of halogens is 1. The Balaban J connectivity index is 1.65. The second kappa shape index (κ2) is 7.56. The maximum atomic E-state index is 14.0. The number of phenols is 1. The van der Waals surface area contributed by atoms with Gasteiger partial charge in [0.2, 0.25) is 0 Å². The number of benzene rings is 2. The number of carbonyl (C=O) groups is 1. The van der Waals surface area contributed by atoms with Gasteiger partial charge in [-0.25, -0.2) is 4.39 Å². The third-order valence-corrected chi connectivity index (χ3v) is 4.61. The first-order chi connectivity index (χ1) is 12.5. The van der Waals surface area contributed by atoms with Crippen LogP contribution in [0.1, 0.15) is 35.2 Å². The third kappa shape index (κ3) is 3.85. The van der Waals surface area contributed by atoms with Crippen LogP contribution in [0.25, 0.3) is 17.0 Å². The molecule has 0 fully saturated rings. The van der Waals surface area contributed by atoms with Crippen LogP contribution in [-0.2, 0) is 11.2 Å². The Morgan fingerprint density at radius 2 is 2.04 bits per heavy atom. The highest BCUT2D eigenvalue weighted by Crippen LogP contribution is 2.28. The lowest BCUT2D eigenvalue weighted by Crippen LogP contribution is -1.96. The molecule has 2 aromatic carbocycles. The molecular formula is C22H22FNO2. The summed E-state index contributed by atoms with van der Waals surface area (Å²) >= 11 is 0. The van der Waals surface area contributed by atoms with E-state index in [-0.39, 0.29) is 17.3 Å². The van der Waals surface area contributed by atoms with Gasteiger partial charge in [-0.1, -0.05) is 24.3 Å². The largest absolute Gasteiger partial charge is 0.508 e. The molecule has 0 aliphatic rings. The predicted molar refractivity (Wildman–Crippen MR) is 103 cm³/mol. The van der Waals surface area contributed by atoms with Gasteiger partial charge >= 0.3 is 0 Å². The Labute approximate surface area is 152 Å². The Morgan fingerprint density at radius 3 is 2.81 bits per heavy atom. The molecule has 3 rings (SSSR count). The number of ketones is 1. The number of hydrogen-bond donors (Lipinski definition) is 2. The zero-order chi connectivity index (χ0) is 18.7. The van der Waals surface area contributed by atoms with Gasteiger partial charge in [-0.2, -0.15) is 0 Å². The molecule has 1 aromatic heterocycles. The van der Waals surface area contributed by atoms with E-state index in [0.29, 0.717) is 18.4 Å². The molecule has 0 saturated carbocycles. The van der Waals surface area contributed by atoms with Crippen LogP contribution in [0.2, 0.25) is 0 Å². The van der Waals surface area contributed by atoms with Gasteiger partial charge in [0.25, 0.3) is 0 Å². The summed E-state index contributed by atoms with van der Waals surface area (Å²) in [5.41, 5.74) is 4.41. The van der Waals surface area contributed by atoms with Gasteiger partial charge in [-0.05, 0) is 67.7 Å². The smallest absolute Gasteiger partial charge is 0.155 e. The standard InChI is InChI=1S/C22H22FNO2/c1-14-9-12-20(23)22-21(14)19(15(2)24-22)8-4-6-17(25)11-10-16-5-3-7-18(26)13-16/h3,5,7,9-13,24,26H,4,6,8H2,1-2H3/b11-10+. The molecule has 134 valence electrons. The third-order valence-electron chi connectivity index (χ3n) is 4.61. The lowest BCUT2D eigenvalue weighted by atomic mass is 10.00. The molecule has 1 heterocycles. The first-order valence-electron chi connectivity index (χ1n) is 8.72. The highest BCUT2D eigenvalue weighted by atomic mass is 19.1. The number of hydrogen-bond acceptors (Lipinski definition) is 2. The number of H-pyrrole nitrogens is 1. The van der Waals surface area contributed by atoms with Crippen LogP contribution in [0.4, 0.5) is 4.39 Å². The molecule has 0 radical (unpaired) electrons. The zero-order valence-electron chi connectivity index (χ0n) is 15.0. The fourth-order valence-corrected chi connectivity index (χ4v) is 3.30. The first kappa shape index (κ1) is 17.9. The molecule has 3 nitrogen and oxygen atoms in total. The minimum atomic E-state index is -0.245. The van der Waals surface area contributed by atoms with Crippen molar-refractivity contribution in [3.05, 3.63) is 70.7 Å². The molecule has 0 unspecified atom stereocenters. The highest BCUT2D eigenvalue weighted by molar-refractivity contribution is 5.93. The van der Waals surface area contributed by atoms with E-state index in [0.717, 1.165) is 34.2 Å². The average molecular weight is 351 g/mol. The van der Waals surface area contributed by atoms with Gasteiger partial charge < -0.3 is 10.1 Å². The number of carbonyl (C=O) groups excluding carboxylic acids is 1. The van der Waals surface area contributed by atoms with Gasteiger partial charge in [0.05, 0.1) is 5.52 Å². The van der Waals surface area contributed by atoms with Crippen molar-refractivity contribution in [1.82, 2.24) is 4.98 Å². The topological polar surface area (TPSA) is 53.1 Å². The normalized spacial score (nSPS) is 11.5. The lowest BCUT2D eigenvalue weighted by Gasteiger charge is -2.04. The summed E-state index contributed by atoms with van der Waals surface area (Å²) in [6, 6.07) is 10.0. The first-order valence-corrected chi connectivity index (χ1v) is 8.72. The molecule has 0 spiro atoms. The second-order valence-corrected chi connectivity index (χ2v) is 6.59. The van der Waals surface area contributed by atoms with Gasteiger partial charge in [-0.15, -0.1) is 0 Å². The van der Waals surface area contributed by atoms with Gasteiger partial charge in [0.15, 0.2) is 5.78 Å². The number of rotatable bonds is 6. The van der Waals surface area contributed by atoms with Crippen molar-refractivity contribution < 1.29 is 14.3 Å². The minimum Gasteiger partial charge on any atom is -0.508 e. The Hall–Kier alpha value is -2.88. The van der Waals surface area contributed by atoms with Crippen LogP contribution >= 0.6 is 0 Å². The summed E-state index contributed by atoms with van der Waals surface area (Å²) in [7, 11) is 0. The molecule has 0 aliphatic heterocycles. The second-order valence-electron chi connectivity index (χ2n) is 6.59. The van der Waals surface area contributed by atoms with Crippen molar-refractivity contribution in [3.8, 4) is 5.75 Å². The quantitative estimate of drug-likeness (QED) is 0.597. The molecule has 0 saturated heterocycles. The Morgan fingerprint density at radius 1 is 1.23 bits per heavy atom. The van der Waals surface area contributed by atoms with Crippen LogP contribution in [0.3, 0.4) is 0 Å². The number of fused-ring (bicyclic) bond motifs is 1. The molecule has 0 atom stereocenters. The SMILES string of the molecule is Cc1[nH]c2c(F)ccc(C)c2c1CCCC(=O)/C=C/c1cccc(O)c1. The number of aromatic hydroxyl groups is 1. The molecule has 4 heteroatoms. The summed E-state index contributed by atoms with van der Waals surface area (Å²) in [6.07, 6.45) is 5.10.